The first-order valence-corrected chi connectivity index (χ1v) is 6.47. The van der Waals surface area contributed by atoms with Crippen molar-refractivity contribution in [1.29, 1.82) is 0 Å². The number of carbonyl (C=O) groups excluding carboxylic acids is 1. The Morgan fingerprint density at radius 1 is 1.50 bits per heavy atom. The third-order valence-electron chi connectivity index (χ3n) is 3.04. The molecular formula is C13H17ClN2O2. The number of benzene rings is 1. The molecule has 1 atom stereocenters. The van der Waals surface area contributed by atoms with E-state index in [-0.39, 0.29) is 18.6 Å². The molecule has 0 radical (unpaired) electrons. The molecule has 0 saturated carbocycles. The minimum Gasteiger partial charge on any atom is -0.487 e. The number of rotatable bonds is 3. The lowest BCUT2D eigenvalue weighted by molar-refractivity contribution is -0.132. The molecule has 1 unspecified atom stereocenters. The number of likely N-dealkylation sites (tertiary alicyclic amines) is 1. The summed E-state index contributed by atoms with van der Waals surface area (Å²) in [6, 6.07) is 7.38. The van der Waals surface area contributed by atoms with Crippen molar-refractivity contribution in [2.75, 3.05) is 19.6 Å². The molecule has 1 aromatic carbocycles. The lowest BCUT2D eigenvalue weighted by Gasteiger charge is -2.32. The second kappa shape index (κ2) is 6.07. The van der Waals surface area contributed by atoms with Crippen molar-refractivity contribution >= 4 is 17.5 Å². The maximum absolute atomic E-state index is 11.6. The van der Waals surface area contributed by atoms with Crippen LogP contribution in [0.3, 0.4) is 0 Å². The number of carbonyl (C=O) groups is 1. The van der Waals surface area contributed by atoms with Crippen LogP contribution in [0, 0.1) is 0 Å². The summed E-state index contributed by atoms with van der Waals surface area (Å²) >= 11 is 6.04. The first kappa shape index (κ1) is 13.2. The van der Waals surface area contributed by atoms with E-state index in [0.717, 1.165) is 19.4 Å². The van der Waals surface area contributed by atoms with Gasteiger partial charge in [-0.05, 0) is 25.0 Å². The van der Waals surface area contributed by atoms with Gasteiger partial charge in [-0.1, -0.05) is 23.7 Å². The quantitative estimate of drug-likeness (QED) is 0.907. The molecule has 0 aliphatic carbocycles. The fourth-order valence-corrected chi connectivity index (χ4v) is 2.29. The predicted molar refractivity (Wildman–Crippen MR) is 70.7 cm³/mol. The Kier molecular flexibility index (Phi) is 4.44. The first-order chi connectivity index (χ1) is 8.70. The van der Waals surface area contributed by atoms with Crippen LogP contribution in [0.4, 0.5) is 0 Å². The summed E-state index contributed by atoms with van der Waals surface area (Å²) in [6.07, 6.45) is 1.86. The van der Waals surface area contributed by atoms with Gasteiger partial charge in [0, 0.05) is 6.54 Å². The van der Waals surface area contributed by atoms with Crippen molar-refractivity contribution in [2.45, 2.75) is 18.9 Å². The summed E-state index contributed by atoms with van der Waals surface area (Å²) in [5, 5.41) is 0.597. The van der Waals surface area contributed by atoms with E-state index in [4.69, 9.17) is 22.1 Å². The topological polar surface area (TPSA) is 55.6 Å². The van der Waals surface area contributed by atoms with Crippen LogP contribution in [0.5, 0.6) is 5.75 Å². The third kappa shape index (κ3) is 3.15. The highest BCUT2D eigenvalue weighted by atomic mass is 35.5. The number of hydrogen-bond donors (Lipinski definition) is 1. The molecular weight excluding hydrogens is 252 g/mol. The molecule has 1 fully saturated rings. The maximum Gasteiger partial charge on any atom is 0.236 e. The van der Waals surface area contributed by atoms with Crippen molar-refractivity contribution in [1.82, 2.24) is 4.90 Å². The van der Waals surface area contributed by atoms with Crippen LogP contribution in [0.1, 0.15) is 12.8 Å². The van der Waals surface area contributed by atoms with E-state index in [1.807, 2.05) is 18.2 Å². The molecule has 98 valence electrons. The van der Waals surface area contributed by atoms with Crippen molar-refractivity contribution in [3.63, 3.8) is 0 Å². The van der Waals surface area contributed by atoms with Crippen LogP contribution >= 0.6 is 11.6 Å². The SMILES string of the molecule is NCC(=O)N1CCCC(Oc2ccccc2Cl)C1. The van der Waals surface area contributed by atoms with E-state index < -0.39 is 0 Å². The standard InChI is InChI=1S/C13H17ClN2O2/c14-11-5-1-2-6-12(11)18-10-4-3-7-16(9-10)13(17)8-15/h1-2,5-6,10H,3-4,7-9,15H2. The Bertz CT molecular complexity index is 425. The molecule has 1 aromatic rings. The van der Waals surface area contributed by atoms with Gasteiger partial charge in [0.15, 0.2) is 0 Å². The zero-order valence-electron chi connectivity index (χ0n) is 10.1. The van der Waals surface area contributed by atoms with Gasteiger partial charge in [-0.2, -0.15) is 0 Å². The molecule has 1 saturated heterocycles. The number of nitrogens with zero attached hydrogens (tertiary/aromatic N) is 1. The smallest absolute Gasteiger partial charge is 0.236 e. The number of para-hydroxylation sites is 1. The minimum absolute atomic E-state index is 0.00542. The Hall–Kier alpha value is -1.26. The molecule has 2 rings (SSSR count). The van der Waals surface area contributed by atoms with Gasteiger partial charge in [0.05, 0.1) is 18.1 Å². The van der Waals surface area contributed by atoms with Gasteiger partial charge >= 0.3 is 0 Å². The molecule has 1 aliphatic heterocycles. The van der Waals surface area contributed by atoms with E-state index in [0.29, 0.717) is 17.3 Å². The molecule has 0 bridgehead atoms. The maximum atomic E-state index is 11.6. The molecule has 4 nitrogen and oxygen atoms in total. The van der Waals surface area contributed by atoms with Gasteiger partial charge in [0.25, 0.3) is 0 Å². The van der Waals surface area contributed by atoms with E-state index in [9.17, 15) is 4.79 Å². The summed E-state index contributed by atoms with van der Waals surface area (Å²) in [5.74, 6) is 0.647. The number of ether oxygens (including phenoxy) is 1. The molecule has 18 heavy (non-hydrogen) atoms. The Morgan fingerprint density at radius 3 is 3.00 bits per heavy atom. The zero-order valence-corrected chi connectivity index (χ0v) is 10.9. The van der Waals surface area contributed by atoms with Gasteiger partial charge in [-0.15, -0.1) is 0 Å². The summed E-state index contributed by atoms with van der Waals surface area (Å²) < 4.78 is 5.84. The summed E-state index contributed by atoms with van der Waals surface area (Å²) in [5.41, 5.74) is 5.37. The summed E-state index contributed by atoms with van der Waals surface area (Å²) in [4.78, 5) is 13.3. The van der Waals surface area contributed by atoms with Crippen molar-refractivity contribution in [2.24, 2.45) is 5.73 Å². The van der Waals surface area contributed by atoms with Gasteiger partial charge in [-0.3, -0.25) is 4.79 Å². The summed E-state index contributed by atoms with van der Waals surface area (Å²) in [6.45, 7) is 1.40. The predicted octanol–water partition coefficient (Wildman–Crippen LogP) is 1.67. The number of hydrogen-bond acceptors (Lipinski definition) is 3. The van der Waals surface area contributed by atoms with E-state index >= 15 is 0 Å². The van der Waals surface area contributed by atoms with Gasteiger partial charge < -0.3 is 15.4 Å². The second-order valence-corrected chi connectivity index (χ2v) is 4.76. The number of halogens is 1. The van der Waals surface area contributed by atoms with Gasteiger partial charge in [0.1, 0.15) is 11.9 Å². The van der Waals surface area contributed by atoms with Crippen LogP contribution in [0.25, 0.3) is 0 Å². The zero-order chi connectivity index (χ0) is 13.0. The Balaban J connectivity index is 1.98. The Labute approximate surface area is 112 Å². The van der Waals surface area contributed by atoms with Crippen LogP contribution in [-0.4, -0.2) is 36.5 Å². The fraction of sp³-hybridized carbons (Fsp3) is 0.462. The summed E-state index contributed by atoms with van der Waals surface area (Å²) in [7, 11) is 0. The highest BCUT2D eigenvalue weighted by Crippen LogP contribution is 2.26. The third-order valence-corrected chi connectivity index (χ3v) is 3.35. The molecule has 0 spiro atoms. The van der Waals surface area contributed by atoms with E-state index in [1.165, 1.54) is 0 Å². The van der Waals surface area contributed by atoms with Crippen LogP contribution in [0.2, 0.25) is 5.02 Å². The number of nitrogens with two attached hydrogens (primary N) is 1. The van der Waals surface area contributed by atoms with Crippen molar-refractivity contribution in [3.8, 4) is 5.75 Å². The normalized spacial score (nSPS) is 19.7. The van der Waals surface area contributed by atoms with Gasteiger partial charge in [0.2, 0.25) is 5.91 Å². The molecule has 1 aliphatic rings. The molecule has 1 heterocycles. The van der Waals surface area contributed by atoms with Crippen molar-refractivity contribution < 1.29 is 9.53 Å². The average molecular weight is 269 g/mol. The van der Waals surface area contributed by atoms with Crippen molar-refractivity contribution in [3.05, 3.63) is 29.3 Å². The lowest BCUT2D eigenvalue weighted by atomic mass is 10.1. The largest absolute Gasteiger partial charge is 0.487 e. The highest BCUT2D eigenvalue weighted by molar-refractivity contribution is 6.32. The first-order valence-electron chi connectivity index (χ1n) is 6.09. The molecule has 0 aromatic heterocycles. The average Bonchev–Trinajstić information content (AvgIpc) is 2.41. The van der Waals surface area contributed by atoms with Gasteiger partial charge in [-0.25, -0.2) is 0 Å². The second-order valence-electron chi connectivity index (χ2n) is 4.36. The van der Waals surface area contributed by atoms with E-state index in [1.54, 1.807) is 11.0 Å². The molecule has 1 amide bonds. The van der Waals surface area contributed by atoms with Crippen LogP contribution in [0.15, 0.2) is 24.3 Å². The highest BCUT2D eigenvalue weighted by Gasteiger charge is 2.24. The minimum atomic E-state index is -0.0255. The molecule has 2 N–H and O–H groups in total. The van der Waals surface area contributed by atoms with Crippen LogP contribution < -0.4 is 10.5 Å². The lowest BCUT2D eigenvalue weighted by Crippen LogP contribution is -2.46. The number of piperidine rings is 1. The van der Waals surface area contributed by atoms with Crippen LogP contribution in [-0.2, 0) is 4.79 Å². The number of amides is 1. The van der Waals surface area contributed by atoms with E-state index in [2.05, 4.69) is 0 Å². The molecule has 5 heteroatoms. The Morgan fingerprint density at radius 2 is 2.28 bits per heavy atom. The fourth-order valence-electron chi connectivity index (χ4n) is 2.11. The monoisotopic (exact) mass is 268 g/mol.